The maximum Gasteiger partial charge on any atom is 0.253 e. The zero-order chi connectivity index (χ0) is 20.6. The zero-order valence-corrected chi connectivity index (χ0v) is 18.8. The Kier molecular flexibility index (Phi) is 5.97. The van der Waals surface area contributed by atoms with Crippen LogP contribution in [0, 0.1) is 0 Å². The molecule has 1 aromatic carbocycles. The summed E-state index contributed by atoms with van der Waals surface area (Å²) in [6.45, 7) is 0.295. The zero-order valence-electron chi connectivity index (χ0n) is 14.8. The minimum absolute atomic E-state index is 0.140. The van der Waals surface area contributed by atoms with Crippen molar-refractivity contribution in [3.05, 3.63) is 51.1 Å². The SMILES string of the molecule is O=C(Nc1nc(-c2ccc(Cl)cc2)cs1)C1CCCN1S(=O)(=O)c1ccc(Cl)s1. The van der Waals surface area contributed by atoms with Crippen molar-refractivity contribution in [2.75, 3.05) is 11.9 Å². The minimum Gasteiger partial charge on any atom is -0.301 e. The van der Waals surface area contributed by atoms with Gasteiger partial charge < -0.3 is 5.32 Å². The van der Waals surface area contributed by atoms with E-state index in [1.165, 1.54) is 27.8 Å². The van der Waals surface area contributed by atoms with Crippen molar-refractivity contribution in [1.29, 1.82) is 0 Å². The van der Waals surface area contributed by atoms with Crippen LogP contribution in [-0.2, 0) is 14.8 Å². The van der Waals surface area contributed by atoms with Crippen LogP contribution in [0.2, 0.25) is 9.36 Å². The van der Waals surface area contributed by atoms with Crippen LogP contribution < -0.4 is 5.32 Å². The molecule has 1 aliphatic rings. The molecular weight excluding hydrogens is 473 g/mol. The molecule has 1 unspecified atom stereocenters. The average molecular weight is 488 g/mol. The second-order valence-corrected chi connectivity index (χ2v) is 11.5. The Balaban J connectivity index is 1.50. The van der Waals surface area contributed by atoms with Crippen molar-refractivity contribution in [1.82, 2.24) is 9.29 Å². The number of aromatic nitrogens is 1. The second-order valence-electron chi connectivity index (χ2n) is 6.37. The number of anilines is 1. The molecule has 29 heavy (non-hydrogen) atoms. The summed E-state index contributed by atoms with van der Waals surface area (Å²) >= 11 is 14.1. The lowest BCUT2D eigenvalue weighted by Crippen LogP contribution is -2.42. The summed E-state index contributed by atoms with van der Waals surface area (Å²) < 4.78 is 27.6. The summed E-state index contributed by atoms with van der Waals surface area (Å²) in [7, 11) is -3.77. The first-order chi connectivity index (χ1) is 13.8. The van der Waals surface area contributed by atoms with Gasteiger partial charge in [0.2, 0.25) is 5.91 Å². The lowest BCUT2D eigenvalue weighted by Gasteiger charge is -2.22. The summed E-state index contributed by atoms with van der Waals surface area (Å²) in [6.07, 6.45) is 1.07. The van der Waals surface area contributed by atoms with Gasteiger partial charge in [-0.1, -0.05) is 35.3 Å². The van der Waals surface area contributed by atoms with Gasteiger partial charge in [-0.15, -0.1) is 22.7 Å². The Bertz CT molecular complexity index is 1140. The number of carbonyl (C=O) groups excluding carboxylic acids is 1. The molecule has 1 saturated heterocycles. The Labute approximate surface area is 186 Å². The molecule has 1 aliphatic heterocycles. The summed E-state index contributed by atoms with van der Waals surface area (Å²) in [5.41, 5.74) is 1.59. The molecule has 6 nitrogen and oxygen atoms in total. The molecule has 152 valence electrons. The van der Waals surface area contributed by atoms with Gasteiger partial charge in [0.15, 0.2) is 5.13 Å². The van der Waals surface area contributed by atoms with Gasteiger partial charge in [0.1, 0.15) is 10.3 Å². The van der Waals surface area contributed by atoms with Crippen molar-refractivity contribution in [3.63, 3.8) is 0 Å². The molecule has 0 bridgehead atoms. The van der Waals surface area contributed by atoms with Crippen LogP contribution in [0.5, 0.6) is 0 Å². The van der Waals surface area contributed by atoms with Crippen LogP contribution in [0.3, 0.4) is 0 Å². The number of rotatable bonds is 5. The molecule has 0 radical (unpaired) electrons. The monoisotopic (exact) mass is 487 g/mol. The van der Waals surface area contributed by atoms with Crippen molar-refractivity contribution in [3.8, 4) is 11.3 Å². The number of nitrogens with zero attached hydrogens (tertiary/aromatic N) is 2. The predicted octanol–water partition coefficient (Wildman–Crippen LogP) is 4.97. The molecule has 1 atom stereocenters. The molecular formula is C18H15Cl2N3O3S3. The van der Waals surface area contributed by atoms with E-state index in [2.05, 4.69) is 10.3 Å². The smallest absolute Gasteiger partial charge is 0.253 e. The van der Waals surface area contributed by atoms with Gasteiger partial charge in [-0.25, -0.2) is 13.4 Å². The van der Waals surface area contributed by atoms with Crippen molar-refractivity contribution < 1.29 is 13.2 Å². The lowest BCUT2D eigenvalue weighted by molar-refractivity contribution is -0.119. The van der Waals surface area contributed by atoms with E-state index < -0.39 is 16.1 Å². The third-order valence-corrected chi connectivity index (χ3v) is 9.11. The average Bonchev–Trinajstić information content (AvgIpc) is 3.42. The fraction of sp³-hybridized carbons (Fsp3) is 0.222. The number of carbonyl (C=O) groups is 1. The number of hydrogen-bond donors (Lipinski definition) is 1. The number of nitrogens with one attached hydrogen (secondary N) is 1. The maximum atomic E-state index is 12.9. The molecule has 0 saturated carbocycles. The van der Waals surface area contributed by atoms with Crippen molar-refractivity contribution in [2.45, 2.75) is 23.1 Å². The van der Waals surface area contributed by atoms with Crippen LogP contribution in [0.4, 0.5) is 5.13 Å². The first kappa shape index (κ1) is 20.8. The van der Waals surface area contributed by atoms with E-state index in [1.54, 1.807) is 12.1 Å². The number of benzene rings is 1. The fourth-order valence-electron chi connectivity index (χ4n) is 3.11. The quantitative estimate of drug-likeness (QED) is 0.550. The van der Waals surface area contributed by atoms with E-state index in [4.69, 9.17) is 23.2 Å². The summed E-state index contributed by atoms with van der Waals surface area (Å²) in [6, 6.07) is 9.47. The van der Waals surface area contributed by atoms with Gasteiger partial charge in [-0.05, 0) is 37.1 Å². The topological polar surface area (TPSA) is 79.4 Å². The summed E-state index contributed by atoms with van der Waals surface area (Å²) in [5, 5.41) is 5.64. The molecule has 0 spiro atoms. The number of sulfonamides is 1. The van der Waals surface area contributed by atoms with Crippen LogP contribution in [0.15, 0.2) is 46.0 Å². The fourth-order valence-corrected chi connectivity index (χ4v) is 7.23. The standard InChI is InChI=1S/C18H15Cl2N3O3S3/c19-12-5-3-11(4-6-12)13-10-27-18(21-13)22-17(24)14-2-1-9-23(14)29(25,26)16-8-7-15(20)28-16/h3-8,10,14H,1-2,9H2,(H,21,22,24). The molecule has 2 aromatic heterocycles. The summed E-state index contributed by atoms with van der Waals surface area (Å²) in [4.78, 5) is 17.2. The highest BCUT2D eigenvalue weighted by molar-refractivity contribution is 7.91. The highest BCUT2D eigenvalue weighted by Crippen LogP contribution is 2.33. The molecule has 1 fully saturated rings. The van der Waals surface area contributed by atoms with E-state index in [0.29, 0.717) is 39.6 Å². The highest BCUT2D eigenvalue weighted by Gasteiger charge is 2.40. The van der Waals surface area contributed by atoms with E-state index in [-0.39, 0.29) is 10.1 Å². The number of thiophene rings is 1. The van der Waals surface area contributed by atoms with Gasteiger partial charge in [0.25, 0.3) is 10.0 Å². The van der Waals surface area contributed by atoms with Crippen molar-refractivity contribution >= 4 is 66.9 Å². The second kappa shape index (κ2) is 8.33. The maximum absolute atomic E-state index is 12.9. The third kappa shape index (κ3) is 4.35. The molecule has 3 heterocycles. The van der Waals surface area contributed by atoms with E-state index in [0.717, 1.165) is 16.9 Å². The van der Waals surface area contributed by atoms with Gasteiger partial charge in [0.05, 0.1) is 10.0 Å². The highest BCUT2D eigenvalue weighted by atomic mass is 35.5. The Hall–Kier alpha value is -1.49. The number of hydrogen-bond acceptors (Lipinski definition) is 6. The van der Waals surface area contributed by atoms with Gasteiger partial charge >= 0.3 is 0 Å². The van der Waals surface area contributed by atoms with Gasteiger partial charge in [0, 0.05) is 22.5 Å². The number of thiazole rings is 1. The lowest BCUT2D eigenvalue weighted by atomic mass is 10.2. The van der Waals surface area contributed by atoms with Gasteiger partial charge in [-0.2, -0.15) is 4.31 Å². The largest absolute Gasteiger partial charge is 0.301 e. The van der Waals surface area contributed by atoms with Crippen LogP contribution in [-0.4, -0.2) is 36.2 Å². The molecule has 3 aromatic rings. The number of halogens is 2. The first-order valence-electron chi connectivity index (χ1n) is 8.64. The number of amides is 1. The predicted molar refractivity (Wildman–Crippen MR) is 117 cm³/mol. The van der Waals surface area contributed by atoms with Crippen molar-refractivity contribution in [2.24, 2.45) is 0 Å². The molecule has 1 N–H and O–H groups in total. The summed E-state index contributed by atoms with van der Waals surface area (Å²) in [5.74, 6) is -0.384. The first-order valence-corrected chi connectivity index (χ1v) is 12.5. The van der Waals surface area contributed by atoms with Crippen LogP contribution in [0.25, 0.3) is 11.3 Å². The van der Waals surface area contributed by atoms with Crippen LogP contribution >= 0.6 is 45.9 Å². The Morgan fingerprint density at radius 1 is 1.17 bits per heavy atom. The van der Waals surface area contributed by atoms with E-state index in [1.807, 2.05) is 17.5 Å². The van der Waals surface area contributed by atoms with Gasteiger partial charge in [-0.3, -0.25) is 4.79 Å². The van der Waals surface area contributed by atoms with Crippen LogP contribution in [0.1, 0.15) is 12.8 Å². The minimum atomic E-state index is -3.77. The Morgan fingerprint density at radius 3 is 2.62 bits per heavy atom. The van der Waals surface area contributed by atoms with E-state index >= 15 is 0 Å². The molecule has 1 amide bonds. The molecule has 11 heteroatoms. The molecule has 4 rings (SSSR count). The Morgan fingerprint density at radius 2 is 1.93 bits per heavy atom. The van der Waals surface area contributed by atoms with E-state index in [9.17, 15) is 13.2 Å². The molecule has 0 aliphatic carbocycles. The third-order valence-electron chi connectivity index (χ3n) is 4.49. The normalized spacial score (nSPS) is 17.5.